The predicted molar refractivity (Wildman–Crippen MR) is 80.1 cm³/mol. The molecule has 0 atom stereocenters. The molecule has 0 saturated heterocycles. The number of aromatic nitrogens is 2. The normalized spacial score (nSPS) is 10.5. The smallest absolute Gasteiger partial charge is 0.271 e. The fourth-order valence-electron chi connectivity index (χ4n) is 1.82. The summed E-state index contributed by atoms with van der Waals surface area (Å²) in [5, 5.41) is 6.53. The van der Waals surface area contributed by atoms with Crippen molar-refractivity contribution in [3.8, 4) is 0 Å². The lowest BCUT2D eigenvalue weighted by Gasteiger charge is -2.14. The van der Waals surface area contributed by atoms with Gasteiger partial charge in [-0.3, -0.25) is 9.59 Å². The Morgan fingerprint density at radius 1 is 1.48 bits per heavy atom. The number of primary amides is 1. The number of aryl methyl sites for hydroxylation is 1. The number of anilines is 2. The molecule has 2 aromatic rings. The zero-order valence-corrected chi connectivity index (χ0v) is 12.9. The number of benzene rings is 1. The molecule has 1 heterocycles. The molecule has 0 spiro atoms. The number of carbonyl (C=O) groups excluding carboxylic acids is 1. The number of nitrogens with zero attached hydrogens (tertiary/aromatic N) is 2. The maximum atomic E-state index is 13.9. The molecule has 2 rings (SSSR count). The molecule has 0 aliphatic carbocycles. The van der Waals surface area contributed by atoms with Crippen LogP contribution in [0.15, 0.2) is 27.5 Å². The monoisotopic (exact) mass is 354 g/mol. The third-order valence-corrected chi connectivity index (χ3v) is 3.39. The molecule has 8 heteroatoms. The van der Waals surface area contributed by atoms with Crippen LogP contribution < -0.4 is 16.6 Å². The van der Waals surface area contributed by atoms with Crippen molar-refractivity contribution in [1.82, 2.24) is 9.78 Å². The molecule has 1 aromatic heterocycles. The van der Waals surface area contributed by atoms with Gasteiger partial charge in [-0.2, -0.15) is 5.10 Å². The van der Waals surface area contributed by atoms with Gasteiger partial charge in [-0.05, 0) is 25.1 Å². The lowest BCUT2D eigenvalue weighted by Crippen LogP contribution is -2.28. The van der Waals surface area contributed by atoms with Gasteiger partial charge in [0.2, 0.25) is 0 Å². The van der Waals surface area contributed by atoms with E-state index in [1.165, 1.54) is 26.1 Å². The van der Waals surface area contributed by atoms with Crippen LogP contribution in [0.2, 0.25) is 0 Å². The van der Waals surface area contributed by atoms with Crippen LogP contribution in [-0.4, -0.2) is 15.7 Å². The summed E-state index contributed by atoms with van der Waals surface area (Å²) in [6.45, 7) is 1.51. The molecule has 0 saturated carbocycles. The van der Waals surface area contributed by atoms with Crippen molar-refractivity contribution in [3.05, 3.63) is 50.1 Å². The van der Waals surface area contributed by atoms with E-state index in [2.05, 4.69) is 26.3 Å². The van der Waals surface area contributed by atoms with Gasteiger partial charge in [0.25, 0.3) is 11.5 Å². The number of hydrogen-bond donors (Lipinski definition) is 2. The van der Waals surface area contributed by atoms with Gasteiger partial charge in [-0.25, -0.2) is 9.07 Å². The molecule has 0 unspecified atom stereocenters. The van der Waals surface area contributed by atoms with Crippen LogP contribution in [-0.2, 0) is 7.05 Å². The largest absolute Gasteiger partial charge is 0.364 e. The number of rotatable bonds is 3. The SMILES string of the molecule is Cc1c(Nc2ccc(Br)cc2F)c(C(N)=O)nn(C)c1=O. The fourth-order valence-corrected chi connectivity index (χ4v) is 2.16. The first kappa shape index (κ1) is 15.2. The van der Waals surface area contributed by atoms with Crippen molar-refractivity contribution < 1.29 is 9.18 Å². The average molecular weight is 355 g/mol. The van der Waals surface area contributed by atoms with Gasteiger partial charge >= 0.3 is 0 Å². The minimum Gasteiger partial charge on any atom is -0.364 e. The highest BCUT2D eigenvalue weighted by atomic mass is 79.9. The van der Waals surface area contributed by atoms with Crippen LogP contribution in [0.1, 0.15) is 16.1 Å². The lowest BCUT2D eigenvalue weighted by atomic mass is 10.2. The summed E-state index contributed by atoms with van der Waals surface area (Å²) in [5.74, 6) is -1.35. The Labute approximate surface area is 127 Å². The molecule has 0 aliphatic heterocycles. The van der Waals surface area contributed by atoms with Gasteiger partial charge in [0.15, 0.2) is 5.69 Å². The minimum absolute atomic E-state index is 0.104. The van der Waals surface area contributed by atoms with E-state index >= 15 is 0 Å². The summed E-state index contributed by atoms with van der Waals surface area (Å²) < 4.78 is 15.4. The van der Waals surface area contributed by atoms with Crippen molar-refractivity contribution >= 4 is 33.2 Å². The van der Waals surface area contributed by atoms with E-state index in [1.54, 1.807) is 6.07 Å². The van der Waals surface area contributed by atoms with Gasteiger partial charge < -0.3 is 11.1 Å². The molecule has 3 N–H and O–H groups in total. The van der Waals surface area contributed by atoms with Crippen LogP contribution in [0.25, 0.3) is 0 Å². The first-order chi connectivity index (χ1) is 9.81. The van der Waals surface area contributed by atoms with Crippen LogP contribution in [0.4, 0.5) is 15.8 Å². The number of hydrogen-bond acceptors (Lipinski definition) is 4. The van der Waals surface area contributed by atoms with Gasteiger partial charge in [0, 0.05) is 17.1 Å². The third kappa shape index (κ3) is 2.94. The Morgan fingerprint density at radius 2 is 2.14 bits per heavy atom. The quantitative estimate of drug-likeness (QED) is 0.879. The Bertz CT molecular complexity index is 788. The van der Waals surface area contributed by atoms with Gasteiger partial charge in [0.1, 0.15) is 5.82 Å². The van der Waals surface area contributed by atoms with Gasteiger partial charge in [0.05, 0.1) is 11.4 Å². The number of amides is 1. The van der Waals surface area contributed by atoms with Gasteiger partial charge in [-0.15, -0.1) is 0 Å². The Hall–Kier alpha value is -2.22. The van der Waals surface area contributed by atoms with Crippen LogP contribution in [0, 0.1) is 12.7 Å². The standard InChI is InChI=1S/C13H12BrFN4O2/c1-6-10(11(12(16)20)18-19(2)13(6)21)17-9-4-3-7(14)5-8(9)15/h3-5,17H,1-2H3,(H2,16,20). The van der Waals surface area contributed by atoms with Crippen molar-refractivity contribution in [3.63, 3.8) is 0 Å². The molecule has 1 amide bonds. The second-order valence-electron chi connectivity index (χ2n) is 4.39. The van der Waals surface area contributed by atoms with E-state index in [0.29, 0.717) is 4.47 Å². The molecular weight excluding hydrogens is 343 g/mol. The fraction of sp³-hybridized carbons (Fsp3) is 0.154. The highest BCUT2D eigenvalue weighted by Gasteiger charge is 2.18. The van der Waals surface area contributed by atoms with Crippen molar-refractivity contribution in [1.29, 1.82) is 0 Å². The highest BCUT2D eigenvalue weighted by Crippen LogP contribution is 2.25. The van der Waals surface area contributed by atoms with E-state index in [9.17, 15) is 14.0 Å². The minimum atomic E-state index is -0.811. The predicted octanol–water partition coefficient (Wildman–Crippen LogP) is 1.83. The van der Waals surface area contributed by atoms with Crippen LogP contribution in [0.3, 0.4) is 0 Å². The Kier molecular flexibility index (Phi) is 4.08. The Balaban J connectivity index is 2.60. The molecule has 21 heavy (non-hydrogen) atoms. The van der Waals surface area contributed by atoms with Gasteiger partial charge in [-0.1, -0.05) is 15.9 Å². The van der Waals surface area contributed by atoms with Crippen LogP contribution >= 0.6 is 15.9 Å². The second kappa shape index (κ2) is 5.65. The molecule has 0 radical (unpaired) electrons. The number of carbonyl (C=O) groups is 1. The number of nitrogens with two attached hydrogens (primary N) is 1. The summed E-state index contributed by atoms with van der Waals surface area (Å²) in [7, 11) is 1.41. The van der Waals surface area contributed by atoms with Crippen molar-refractivity contribution in [2.24, 2.45) is 12.8 Å². The van der Waals surface area contributed by atoms with Crippen molar-refractivity contribution in [2.45, 2.75) is 6.92 Å². The second-order valence-corrected chi connectivity index (χ2v) is 5.31. The van der Waals surface area contributed by atoms with E-state index in [1.807, 2.05) is 0 Å². The molecule has 0 bridgehead atoms. The average Bonchev–Trinajstić information content (AvgIpc) is 2.41. The zero-order valence-electron chi connectivity index (χ0n) is 11.3. The summed E-state index contributed by atoms with van der Waals surface area (Å²) in [4.78, 5) is 23.4. The number of nitrogens with one attached hydrogen (secondary N) is 1. The lowest BCUT2D eigenvalue weighted by molar-refractivity contribution is 0.0994. The summed E-state index contributed by atoms with van der Waals surface area (Å²) in [5.41, 5.74) is 5.17. The molecule has 0 aliphatic rings. The molecule has 110 valence electrons. The zero-order chi connectivity index (χ0) is 15.7. The number of halogens is 2. The maximum Gasteiger partial charge on any atom is 0.271 e. The van der Waals surface area contributed by atoms with Crippen molar-refractivity contribution in [2.75, 3.05) is 5.32 Å². The highest BCUT2D eigenvalue weighted by molar-refractivity contribution is 9.10. The van der Waals surface area contributed by atoms with E-state index in [4.69, 9.17) is 5.73 Å². The Morgan fingerprint density at radius 3 is 2.71 bits per heavy atom. The molecule has 0 fully saturated rings. The molecule has 6 nitrogen and oxygen atoms in total. The summed E-state index contributed by atoms with van der Waals surface area (Å²) in [6, 6.07) is 4.36. The molecule has 1 aromatic carbocycles. The topological polar surface area (TPSA) is 90.0 Å². The van der Waals surface area contributed by atoms with Crippen LogP contribution in [0.5, 0.6) is 0 Å². The first-order valence-corrected chi connectivity index (χ1v) is 6.70. The maximum absolute atomic E-state index is 13.9. The van der Waals surface area contributed by atoms with E-state index < -0.39 is 17.3 Å². The van der Waals surface area contributed by atoms with E-state index in [0.717, 1.165) is 4.68 Å². The first-order valence-electron chi connectivity index (χ1n) is 5.91. The summed E-state index contributed by atoms with van der Waals surface area (Å²) >= 11 is 3.15. The summed E-state index contributed by atoms with van der Waals surface area (Å²) in [6.07, 6.45) is 0. The van der Waals surface area contributed by atoms with E-state index in [-0.39, 0.29) is 22.6 Å². The molecular formula is C13H12BrFN4O2. The third-order valence-electron chi connectivity index (χ3n) is 2.90.